The standard InChI is InChI=1S/C19H27N3O2S/c1-19(2,3)17(24)22-18(25)21-15-11-7-10-14(12-15)20-16(23)13-8-5-4-6-9-13/h7,10-13H,4-6,8-9H2,1-3H3,(H,20,23)(H2,21,22,24,25). The fraction of sp³-hybridized carbons (Fsp3) is 0.526. The van der Waals surface area contributed by atoms with Gasteiger partial charge in [-0.2, -0.15) is 0 Å². The van der Waals surface area contributed by atoms with Gasteiger partial charge in [0.2, 0.25) is 11.8 Å². The first-order valence-electron chi connectivity index (χ1n) is 8.79. The third kappa shape index (κ3) is 6.12. The molecule has 0 saturated heterocycles. The number of benzene rings is 1. The highest BCUT2D eigenvalue weighted by atomic mass is 32.1. The zero-order valence-electron chi connectivity index (χ0n) is 15.1. The Bertz CT molecular complexity index is 646. The number of rotatable bonds is 3. The van der Waals surface area contributed by atoms with Crippen LogP contribution in [0.5, 0.6) is 0 Å². The molecule has 1 aliphatic carbocycles. The molecule has 3 N–H and O–H groups in total. The average molecular weight is 362 g/mol. The van der Waals surface area contributed by atoms with Gasteiger partial charge in [-0.25, -0.2) is 0 Å². The molecule has 25 heavy (non-hydrogen) atoms. The van der Waals surface area contributed by atoms with Crippen molar-refractivity contribution in [2.45, 2.75) is 52.9 Å². The van der Waals surface area contributed by atoms with E-state index in [9.17, 15) is 9.59 Å². The summed E-state index contributed by atoms with van der Waals surface area (Å²) in [6.45, 7) is 5.48. The minimum absolute atomic E-state index is 0.0838. The molecule has 1 aliphatic rings. The molecule has 2 rings (SSSR count). The highest BCUT2D eigenvalue weighted by Crippen LogP contribution is 2.25. The quantitative estimate of drug-likeness (QED) is 0.710. The second-order valence-electron chi connectivity index (χ2n) is 7.56. The van der Waals surface area contributed by atoms with Crippen molar-refractivity contribution in [3.63, 3.8) is 0 Å². The minimum atomic E-state index is -0.512. The monoisotopic (exact) mass is 361 g/mol. The van der Waals surface area contributed by atoms with Crippen LogP contribution in [0.1, 0.15) is 52.9 Å². The molecule has 2 amide bonds. The van der Waals surface area contributed by atoms with Crippen molar-refractivity contribution in [1.29, 1.82) is 0 Å². The first kappa shape index (κ1) is 19.4. The molecule has 1 aromatic carbocycles. The molecule has 0 aromatic heterocycles. The molecule has 0 atom stereocenters. The molecule has 0 radical (unpaired) electrons. The SMILES string of the molecule is CC(C)(C)C(=O)NC(=S)Nc1cccc(NC(=O)C2CCCCC2)c1. The van der Waals surface area contributed by atoms with Gasteiger partial charge >= 0.3 is 0 Å². The van der Waals surface area contributed by atoms with E-state index in [-0.39, 0.29) is 22.8 Å². The second kappa shape index (κ2) is 8.43. The van der Waals surface area contributed by atoms with Crippen LogP contribution in [0.2, 0.25) is 0 Å². The van der Waals surface area contributed by atoms with E-state index >= 15 is 0 Å². The second-order valence-corrected chi connectivity index (χ2v) is 7.97. The lowest BCUT2D eigenvalue weighted by molar-refractivity contribution is -0.127. The predicted molar refractivity (Wildman–Crippen MR) is 105 cm³/mol. The van der Waals surface area contributed by atoms with Gasteiger partial charge < -0.3 is 16.0 Å². The summed E-state index contributed by atoms with van der Waals surface area (Å²) in [5, 5.41) is 8.89. The molecule has 0 unspecified atom stereocenters. The van der Waals surface area contributed by atoms with Crippen molar-refractivity contribution in [2.24, 2.45) is 11.3 Å². The van der Waals surface area contributed by atoms with Crippen LogP contribution in [0, 0.1) is 11.3 Å². The number of anilines is 2. The van der Waals surface area contributed by atoms with Crippen LogP contribution in [0.3, 0.4) is 0 Å². The maximum atomic E-state index is 12.3. The molecule has 0 spiro atoms. The van der Waals surface area contributed by atoms with E-state index in [0.29, 0.717) is 0 Å². The fourth-order valence-electron chi connectivity index (χ4n) is 2.74. The Morgan fingerprint density at radius 1 is 1.04 bits per heavy atom. The minimum Gasteiger partial charge on any atom is -0.332 e. The Labute approximate surface area is 155 Å². The highest BCUT2D eigenvalue weighted by molar-refractivity contribution is 7.80. The molecular formula is C19H27N3O2S. The van der Waals surface area contributed by atoms with Crippen LogP contribution >= 0.6 is 12.2 Å². The Hall–Kier alpha value is -1.95. The summed E-state index contributed by atoms with van der Waals surface area (Å²) in [5.74, 6) is 0.0460. The van der Waals surface area contributed by atoms with E-state index < -0.39 is 5.41 Å². The summed E-state index contributed by atoms with van der Waals surface area (Å²) in [5.41, 5.74) is 0.938. The van der Waals surface area contributed by atoms with Gasteiger partial charge in [-0.1, -0.05) is 46.1 Å². The van der Waals surface area contributed by atoms with Gasteiger partial charge in [0.15, 0.2) is 5.11 Å². The molecule has 1 aromatic rings. The van der Waals surface area contributed by atoms with Gasteiger partial charge in [0.25, 0.3) is 0 Å². The fourth-order valence-corrected chi connectivity index (χ4v) is 2.95. The molecule has 0 heterocycles. The lowest BCUT2D eigenvalue weighted by Crippen LogP contribution is -2.41. The number of hydrogen-bond donors (Lipinski definition) is 3. The zero-order chi connectivity index (χ0) is 18.4. The summed E-state index contributed by atoms with van der Waals surface area (Å²) < 4.78 is 0. The van der Waals surface area contributed by atoms with Gasteiger partial charge in [-0.15, -0.1) is 0 Å². The number of hydrogen-bond acceptors (Lipinski definition) is 3. The van der Waals surface area contributed by atoms with Crippen LogP contribution < -0.4 is 16.0 Å². The molecule has 5 nitrogen and oxygen atoms in total. The van der Waals surface area contributed by atoms with Crippen LogP contribution in [0.4, 0.5) is 11.4 Å². The average Bonchev–Trinajstić information content (AvgIpc) is 2.55. The Kier molecular flexibility index (Phi) is 6.53. The first-order chi connectivity index (χ1) is 11.8. The normalized spacial score (nSPS) is 15.3. The van der Waals surface area contributed by atoms with Crippen molar-refractivity contribution < 1.29 is 9.59 Å². The van der Waals surface area contributed by atoms with Gasteiger partial charge in [0, 0.05) is 22.7 Å². The third-order valence-electron chi connectivity index (χ3n) is 4.27. The number of carbonyl (C=O) groups is 2. The topological polar surface area (TPSA) is 70.2 Å². The number of amides is 2. The Morgan fingerprint density at radius 3 is 2.24 bits per heavy atom. The number of thiocarbonyl (C=S) groups is 1. The number of carbonyl (C=O) groups excluding carboxylic acids is 2. The van der Waals surface area contributed by atoms with Crippen LogP contribution in [0.15, 0.2) is 24.3 Å². The number of nitrogens with one attached hydrogen (secondary N) is 3. The lowest BCUT2D eigenvalue weighted by atomic mass is 9.88. The van der Waals surface area contributed by atoms with Crippen LogP contribution in [0.25, 0.3) is 0 Å². The third-order valence-corrected chi connectivity index (χ3v) is 4.48. The van der Waals surface area contributed by atoms with Crippen LogP contribution in [-0.2, 0) is 9.59 Å². The van der Waals surface area contributed by atoms with Gasteiger partial charge in [-0.3, -0.25) is 9.59 Å². The Morgan fingerprint density at radius 2 is 1.64 bits per heavy atom. The first-order valence-corrected chi connectivity index (χ1v) is 9.20. The summed E-state index contributed by atoms with van der Waals surface area (Å²) in [4.78, 5) is 24.3. The zero-order valence-corrected chi connectivity index (χ0v) is 16.0. The van der Waals surface area contributed by atoms with E-state index in [1.807, 2.05) is 45.0 Å². The van der Waals surface area contributed by atoms with Gasteiger partial charge in [-0.05, 0) is 43.3 Å². The molecule has 1 saturated carbocycles. The van der Waals surface area contributed by atoms with E-state index in [2.05, 4.69) is 16.0 Å². The van der Waals surface area contributed by atoms with Crippen molar-refractivity contribution >= 4 is 40.5 Å². The van der Waals surface area contributed by atoms with Crippen molar-refractivity contribution in [3.05, 3.63) is 24.3 Å². The smallest absolute Gasteiger partial charge is 0.231 e. The van der Waals surface area contributed by atoms with E-state index in [4.69, 9.17) is 12.2 Å². The van der Waals surface area contributed by atoms with Gasteiger partial charge in [0.05, 0.1) is 0 Å². The van der Waals surface area contributed by atoms with E-state index in [1.54, 1.807) is 0 Å². The molecule has 136 valence electrons. The Balaban J connectivity index is 1.93. The lowest BCUT2D eigenvalue weighted by Gasteiger charge is -2.21. The van der Waals surface area contributed by atoms with Gasteiger partial charge in [0.1, 0.15) is 0 Å². The summed E-state index contributed by atoms with van der Waals surface area (Å²) in [7, 11) is 0. The largest absolute Gasteiger partial charge is 0.332 e. The molecule has 1 fully saturated rings. The molecular weight excluding hydrogens is 334 g/mol. The maximum Gasteiger partial charge on any atom is 0.231 e. The van der Waals surface area contributed by atoms with Crippen LogP contribution in [-0.4, -0.2) is 16.9 Å². The molecule has 0 bridgehead atoms. The van der Waals surface area contributed by atoms with Crippen molar-refractivity contribution in [3.8, 4) is 0 Å². The highest BCUT2D eigenvalue weighted by Gasteiger charge is 2.22. The van der Waals surface area contributed by atoms with E-state index in [1.165, 1.54) is 6.42 Å². The summed E-state index contributed by atoms with van der Waals surface area (Å²) in [6, 6.07) is 7.35. The van der Waals surface area contributed by atoms with Crippen molar-refractivity contribution in [1.82, 2.24) is 5.32 Å². The molecule has 6 heteroatoms. The predicted octanol–water partition coefficient (Wildman–Crippen LogP) is 4.06. The van der Waals surface area contributed by atoms with E-state index in [0.717, 1.165) is 37.1 Å². The summed E-state index contributed by atoms with van der Waals surface area (Å²) in [6.07, 6.45) is 5.41. The maximum absolute atomic E-state index is 12.3. The summed E-state index contributed by atoms with van der Waals surface area (Å²) >= 11 is 5.18. The van der Waals surface area contributed by atoms with Crippen molar-refractivity contribution in [2.75, 3.05) is 10.6 Å². The molecule has 0 aliphatic heterocycles.